The molecule has 1 atom stereocenters. The molecule has 0 N–H and O–H groups in total. The largest absolute Gasteiger partial charge is 0.493 e. The van der Waals surface area contributed by atoms with Crippen molar-refractivity contribution < 1.29 is 28.5 Å². The molecule has 236 valence electrons. The van der Waals surface area contributed by atoms with Gasteiger partial charge in [-0.25, -0.2) is 9.79 Å². The number of nitriles is 1. The van der Waals surface area contributed by atoms with E-state index in [0.29, 0.717) is 62.2 Å². The fourth-order valence-corrected chi connectivity index (χ4v) is 6.54. The van der Waals surface area contributed by atoms with Gasteiger partial charge in [-0.1, -0.05) is 29.5 Å². The number of benzene rings is 3. The van der Waals surface area contributed by atoms with Gasteiger partial charge in [0.2, 0.25) is 0 Å². The van der Waals surface area contributed by atoms with Gasteiger partial charge in [0.25, 0.3) is 5.56 Å². The predicted molar refractivity (Wildman–Crippen MR) is 181 cm³/mol. The Balaban J connectivity index is 1.63. The Morgan fingerprint density at radius 1 is 1.02 bits per heavy atom. The van der Waals surface area contributed by atoms with E-state index in [9.17, 15) is 9.59 Å². The van der Waals surface area contributed by atoms with E-state index in [1.807, 2.05) is 38.1 Å². The number of esters is 1. The maximum absolute atomic E-state index is 14.2. The molecule has 0 bridgehead atoms. The third-order valence-corrected chi connectivity index (χ3v) is 8.65. The van der Waals surface area contributed by atoms with E-state index in [0.717, 1.165) is 9.13 Å². The van der Waals surface area contributed by atoms with Gasteiger partial charge in [0.05, 0.1) is 55.2 Å². The zero-order valence-electron chi connectivity index (χ0n) is 25.5. The second-order valence-corrected chi connectivity index (χ2v) is 12.1. The molecule has 1 aliphatic heterocycles. The first-order valence-electron chi connectivity index (χ1n) is 14.3. The van der Waals surface area contributed by atoms with Crippen LogP contribution in [0, 0.1) is 14.9 Å². The van der Waals surface area contributed by atoms with Gasteiger partial charge in [-0.15, -0.1) is 0 Å². The Morgan fingerprint density at radius 3 is 2.43 bits per heavy atom. The Labute approximate surface area is 282 Å². The first-order chi connectivity index (χ1) is 22.3. The van der Waals surface area contributed by atoms with Gasteiger partial charge < -0.3 is 23.7 Å². The van der Waals surface area contributed by atoms with Crippen molar-refractivity contribution in [2.24, 2.45) is 4.99 Å². The summed E-state index contributed by atoms with van der Waals surface area (Å²) in [5, 5.41) is 9.12. The van der Waals surface area contributed by atoms with Gasteiger partial charge in [-0.05, 0) is 90.0 Å². The molecule has 1 aliphatic rings. The summed E-state index contributed by atoms with van der Waals surface area (Å²) in [5.74, 6) is 1.42. The summed E-state index contributed by atoms with van der Waals surface area (Å²) in [6, 6.07) is 17.5. The van der Waals surface area contributed by atoms with Crippen LogP contribution >= 0.6 is 33.9 Å². The van der Waals surface area contributed by atoms with Crippen LogP contribution in [0.3, 0.4) is 0 Å². The van der Waals surface area contributed by atoms with Gasteiger partial charge in [0.15, 0.2) is 27.8 Å². The molecular formula is C34H30IN3O7S. The molecule has 12 heteroatoms. The van der Waals surface area contributed by atoms with E-state index >= 15 is 0 Å². The van der Waals surface area contributed by atoms with Gasteiger partial charge in [-0.3, -0.25) is 9.36 Å². The van der Waals surface area contributed by atoms with E-state index in [1.165, 1.54) is 29.2 Å². The standard InChI is InChI=1S/C34H30IN3O7S/c1-5-43-26-12-11-22(14-27(26)44-6-2)30-25(33(40)42-4)18-37-34-38(30)32(39)29(46-34)15-23-13-24(35)16-28(41-3)31(23)45-19-21-9-7-20(17-36)8-10-21/h7-16,18,30H,5-6,19H2,1-4H3/b29-15+/t30-/m1/s1. The summed E-state index contributed by atoms with van der Waals surface area (Å²) in [4.78, 5) is 32.0. The molecule has 0 saturated carbocycles. The summed E-state index contributed by atoms with van der Waals surface area (Å²) < 4.78 is 31.3. The van der Waals surface area contributed by atoms with Gasteiger partial charge in [0, 0.05) is 15.3 Å². The maximum atomic E-state index is 14.2. The number of thiazole rings is 1. The highest BCUT2D eigenvalue weighted by atomic mass is 127. The Bertz CT molecular complexity index is 2030. The Hall–Kier alpha value is -4.61. The van der Waals surface area contributed by atoms with E-state index in [1.54, 1.807) is 43.5 Å². The zero-order chi connectivity index (χ0) is 32.8. The lowest BCUT2D eigenvalue weighted by molar-refractivity contribution is -0.136. The first kappa shape index (κ1) is 32.8. The van der Waals surface area contributed by atoms with Crippen LogP contribution in [0.25, 0.3) is 6.08 Å². The van der Waals surface area contributed by atoms with Crippen molar-refractivity contribution in [3.05, 3.63) is 112 Å². The lowest BCUT2D eigenvalue weighted by Gasteiger charge is -2.23. The normalized spacial score (nSPS) is 14.0. The molecule has 0 amide bonds. The number of methoxy groups -OCH3 is 2. The predicted octanol–water partition coefficient (Wildman–Crippen LogP) is 4.88. The molecule has 5 rings (SSSR count). The molecule has 46 heavy (non-hydrogen) atoms. The SMILES string of the molecule is CCOc1ccc([C@@H]2C(C(=O)OC)=CN=c3s/c(=C/c4cc(I)cc(OC)c4OCc4ccc(C#N)cc4)c(=O)n32)cc1OCC. The number of hydrogen-bond acceptors (Lipinski definition) is 10. The van der Waals surface area contributed by atoms with Crippen LogP contribution in [0.15, 0.2) is 76.2 Å². The monoisotopic (exact) mass is 751 g/mol. The quantitative estimate of drug-likeness (QED) is 0.157. The summed E-state index contributed by atoms with van der Waals surface area (Å²) >= 11 is 3.38. The second-order valence-electron chi connectivity index (χ2n) is 9.87. The highest BCUT2D eigenvalue weighted by molar-refractivity contribution is 14.1. The highest BCUT2D eigenvalue weighted by Gasteiger charge is 2.31. The lowest BCUT2D eigenvalue weighted by Crippen LogP contribution is -2.39. The molecule has 10 nitrogen and oxygen atoms in total. The molecular weight excluding hydrogens is 721 g/mol. The second kappa shape index (κ2) is 14.7. The molecule has 1 aromatic heterocycles. The average molecular weight is 752 g/mol. The topological polar surface area (TPSA) is 121 Å². The number of carbonyl (C=O) groups is 1. The third-order valence-electron chi connectivity index (χ3n) is 7.03. The Kier molecular flexibility index (Phi) is 10.4. The van der Waals surface area contributed by atoms with Gasteiger partial charge in [0.1, 0.15) is 6.61 Å². The lowest BCUT2D eigenvalue weighted by atomic mass is 9.97. The third kappa shape index (κ3) is 6.80. The molecule has 3 aromatic carbocycles. The number of aromatic nitrogens is 1. The number of rotatable bonds is 11. The van der Waals surface area contributed by atoms with E-state index in [2.05, 4.69) is 33.7 Å². The number of hydrogen-bond donors (Lipinski definition) is 0. The molecule has 0 spiro atoms. The fraction of sp³-hybridized carbons (Fsp3) is 0.235. The van der Waals surface area contributed by atoms with E-state index in [4.69, 9.17) is 28.9 Å². The van der Waals surface area contributed by atoms with E-state index in [-0.39, 0.29) is 17.7 Å². The van der Waals surface area contributed by atoms with Crippen LogP contribution in [0.5, 0.6) is 23.0 Å². The molecule has 0 aliphatic carbocycles. The van der Waals surface area contributed by atoms with Crippen LogP contribution in [-0.4, -0.2) is 38.0 Å². The fourth-order valence-electron chi connectivity index (χ4n) is 4.96. The van der Waals surface area contributed by atoms with Crippen LogP contribution in [-0.2, 0) is 16.1 Å². The summed E-state index contributed by atoms with van der Waals surface area (Å²) in [6.45, 7) is 4.82. The smallest absolute Gasteiger partial charge is 0.337 e. The molecule has 0 saturated heterocycles. The molecule has 0 radical (unpaired) electrons. The van der Waals surface area contributed by atoms with Crippen molar-refractivity contribution >= 4 is 46.0 Å². The molecule has 2 heterocycles. The summed E-state index contributed by atoms with van der Waals surface area (Å²) in [6.07, 6.45) is 3.19. The molecule has 4 aromatic rings. The van der Waals surface area contributed by atoms with Crippen LogP contribution in [0.2, 0.25) is 0 Å². The van der Waals surface area contributed by atoms with Crippen LogP contribution in [0.1, 0.15) is 42.1 Å². The summed E-state index contributed by atoms with van der Waals surface area (Å²) in [7, 11) is 2.85. The summed E-state index contributed by atoms with van der Waals surface area (Å²) in [5.41, 5.74) is 2.54. The number of carbonyl (C=O) groups excluding carboxylic acids is 1. The molecule has 0 fully saturated rings. The number of ether oxygens (including phenoxy) is 5. The number of halogens is 1. The van der Waals surface area contributed by atoms with Crippen molar-refractivity contribution in [2.75, 3.05) is 27.4 Å². The highest BCUT2D eigenvalue weighted by Crippen LogP contribution is 2.36. The minimum absolute atomic E-state index is 0.204. The van der Waals surface area contributed by atoms with Crippen molar-refractivity contribution in [3.8, 4) is 29.1 Å². The van der Waals surface area contributed by atoms with Crippen molar-refractivity contribution in [3.63, 3.8) is 0 Å². The number of nitrogens with zero attached hydrogens (tertiary/aromatic N) is 3. The van der Waals surface area contributed by atoms with Crippen LogP contribution in [0.4, 0.5) is 0 Å². The molecule has 0 unspecified atom stereocenters. The minimum atomic E-state index is -0.821. The van der Waals surface area contributed by atoms with Gasteiger partial charge >= 0.3 is 5.97 Å². The maximum Gasteiger partial charge on any atom is 0.337 e. The Morgan fingerprint density at radius 2 is 1.76 bits per heavy atom. The van der Waals surface area contributed by atoms with E-state index < -0.39 is 12.0 Å². The zero-order valence-corrected chi connectivity index (χ0v) is 28.5. The van der Waals surface area contributed by atoms with Crippen LogP contribution < -0.4 is 33.8 Å². The minimum Gasteiger partial charge on any atom is -0.493 e. The first-order valence-corrected chi connectivity index (χ1v) is 16.2. The average Bonchev–Trinajstić information content (AvgIpc) is 3.38. The van der Waals surface area contributed by atoms with Crippen molar-refractivity contribution in [1.29, 1.82) is 5.26 Å². The van der Waals surface area contributed by atoms with Crippen molar-refractivity contribution in [2.45, 2.75) is 26.5 Å². The number of fused-ring (bicyclic) bond motifs is 1. The van der Waals surface area contributed by atoms with Gasteiger partial charge in [-0.2, -0.15) is 5.26 Å². The van der Waals surface area contributed by atoms with Crippen molar-refractivity contribution in [1.82, 2.24) is 4.57 Å².